The second-order valence-corrected chi connectivity index (χ2v) is 3.48. The fraction of sp³-hybridized carbons (Fsp3) is 0.308. The van der Waals surface area contributed by atoms with Crippen molar-refractivity contribution in [3.05, 3.63) is 23.9 Å². The largest absolute Gasteiger partial charge is 0.496 e. The quantitative estimate of drug-likeness (QED) is 0.867. The average molecular weight is 251 g/mol. The smallest absolute Gasteiger partial charge is 0.220 e. The van der Waals surface area contributed by atoms with Crippen molar-refractivity contribution in [3.63, 3.8) is 0 Å². The van der Waals surface area contributed by atoms with Crippen LogP contribution in [0.2, 0.25) is 0 Å². The molecular formula is C13H17NO4. The van der Waals surface area contributed by atoms with Gasteiger partial charge in [-0.2, -0.15) is 0 Å². The molecule has 0 saturated heterocycles. The summed E-state index contributed by atoms with van der Waals surface area (Å²) in [6.07, 6.45) is 3.27. The minimum absolute atomic E-state index is 0.134. The van der Waals surface area contributed by atoms with Crippen LogP contribution in [0.3, 0.4) is 0 Å². The van der Waals surface area contributed by atoms with E-state index in [4.69, 9.17) is 14.2 Å². The summed E-state index contributed by atoms with van der Waals surface area (Å²) in [5, 5.41) is 2.56. The Balaban J connectivity index is 3.09. The van der Waals surface area contributed by atoms with E-state index in [-0.39, 0.29) is 5.91 Å². The molecule has 5 nitrogen and oxygen atoms in total. The number of carbonyl (C=O) groups excluding carboxylic acids is 1. The SMILES string of the molecule is COc1cc(OC)c(OC)cc1/C=C/NC(C)=O. The maximum atomic E-state index is 10.8. The number of benzene rings is 1. The van der Waals surface area contributed by atoms with E-state index in [1.807, 2.05) is 0 Å². The van der Waals surface area contributed by atoms with Crippen molar-refractivity contribution < 1.29 is 19.0 Å². The second-order valence-electron chi connectivity index (χ2n) is 3.48. The van der Waals surface area contributed by atoms with E-state index >= 15 is 0 Å². The molecule has 1 aromatic carbocycles. The lowest BCUT2D eigenvalue weighted by Crippen LogP contribution is -2.11. The highest BCUT2D eigenvalue weighted by Gasteiger charge is 2.09. The van der Waals surface area contributed by atoms with E-state index in [0.29, 0.717) is 17.2 Å². The van der Waals surface area contributed by atoms with Gasteiger partial charge in [0.25, 0.3) is 0 Å². The highest BCUT2D eigenvalue weighted by Crippen LogP contribution is 2.35. The van der Waals surface area contributed by atoms with E-state index < -0.39 is 0 Å². The Morgan fingerprint density at radius 2 is 1.61 bits per heavy atom. The van der Waals surface area contributed by atoms with E-state index in [2.05, 4.69) is 5.32 Å². The van der Waals surface area contributed by atoms with E-state index in [9.17, 15) is 4.79 Å². The third kappa shape index (κ3) is 3.41. The molecule has 0 heterocycles. The molecule has 0 saturated carbocycles. The maximum absolute atomic E-state index is 10.8. The van der Waals surface area contributed by atoms with Crippen molar-refractivity contribution in [2.75, 3.05) is 21.3 Å². The standard InChI is InChI=1S/C13H17NO4/c1-9(15)14-6-5-10-7-12(17-3)13(18-4)8-11(10)16-2/h5-8H,1-4H3,(H,14,15)/b6-5+. The first-order chi connectivity index (χ1) is 8.62. The zero-order valence-corrected chi connectivity index (χ0v) is 10.9. The number of methoxy groups -OCH3 is 3. The lowest BCUT2D eigenvalue weighted by atomic mass is 10.1. The van der Waals surface area contributed by atoms with E-state index in [0.717, 1.165) is 5.56 Å². The zero-order chi connectivity index (χ0) is 13.5. The van der Waals surface area contributed by atoms with Gasteiger partial charge in [0.05, 0.1) is 21.3 Å². The van der Waals surface area contributed by atoms with Crippen LogP contribution in [-0.4, -0.2) is 27.2 Å². The van der Waals surface area contributed by atoms with Crippen LogP contribution >= 0.6 is 0 Å². The molecule has 0 aliphatic heterocycles. The van der Waals surface area contributed by atoms with Crippen LogP contribution < -0.4 is 19.5 Å². The van der Waals surface area contributed by atoms with Gasteiger partial charge in [-0.3, -0.25) is 4.79 Å². The Morgan fingerprint density at radius 1 is 1.06 bits per heavy atom. The molecule has 98 valence electrons. The van der Waals surface area contributed by atoms with Gasteiger partial charge in [0.1, 0.15) is 5.75 Å². The van der Waals surface area contributed by atoms with Crippen molar-refractivity contribution >= 4 is 12.0 Å². The average Bonchev–Trinajstić information content (AvgIpc) is 2.37. The molecule has 0 aliphatic rings. The molecule has 1 aromatic rings. The monoisotopic (exact) mass is 251 g/mol. The molecule has 1 amide bonds. The zero-order valence-electron chi connectivity index (χ0n) is 10.9. The number of hydrogen-bond donors (Lipinski definition) is 1. The molecule has 1 N–H and O–H groups in total. The minimum atomic E-state index is -0.134. The Kier molecular flexibility index (Phi) is 5.05. The van der Waals surface area contributed by atoms with Gasteiger partial charge in [0, 0.05) is 24.8 Å². The first-order valence-electron chi connectivity index (χ1n) is 5.36. The summed E-state index contributed by atoms with van der Waals surface area (Å²) >= 11 is 0. The van der Waals surface area contributed by atoms with Gasteiger partial charge in [-0.15, -0.1) is 0 Å². The molecule has 0 aliphatic carbocycles. The first-order valence-corrected chi connectivity index (χ1v) is 5.36. The molecule has 1 rings (SSSR count). The summed E-state index contributed by atoms with van der Waals surface area (Å²) < 4.78 is 15.6. The Bertz CT molecular complexity index is 455. The number of nitrogens with one attached hydrogen (secondary N) is 1. The van der Waals surface area contributed by atoms with Crippen molar-refractivity contribution in [3.8, 4) is 17.2 Å². The maximum Gasteiger partial charge on any atom is 0.220 e. The van der Waals surface area contributed by atoms with Crippen LogP contribution in [0.25, 0.3) is 6.08 Å². The molecule has 0 unspecified atom stereocenters. The second kappa shape index (κ2) is 6.54. The van der Waals surface area contributed by atoms with Crippen LogP contribution in [0.1, 0.15) is 12.5 Å². The van der Waals surface area contributed by atoms with Crippen molar-refractivity contribution in [2.45, 2.75) is 6.92 Å². The third-order valence-corrected chi connectivity index (χ3v) is 2.29. The Morgan fingerprint density at radius 3 is 2.11 bits per heavy atom. The van der Waals surface area contributed by atoms with E-state index in [1.54, 1.807) is 45.7 Å². The van der Waals surface area contributed by atoms with Crippen molar-refractivity contribution in [1.82, 2.24) is 5.32 Å². The van der Waals surface area contributed by atoms with Crippen molar-refractivity contribution in [2.24, 2.45) is 0 Å². The molecule has 0 spiro atoms. The minimum Gasteiger partial charge on any atom is -0.496 e. The lowest BCUT2D eigenvalue weighted by Gasteiger charge is -2.12. The number of hydrogen-bond acceptors (Lipinski definition) is 4. The van der Waals surface area contributed by atoms with Crippen LogP contribution in [0.5, 0.6) is 17.2 Å². The number of ether oxygens (including phenoxy) is 3. The molecule has 0 aromatic heterocycles. The van der Waals surface area contributed by atoms with Gasteiger partial charge in [-0.05, 0) is 12.1 Å². The topological polar surface area (TPSA) is 56.8 Å². The molecule has 5 heteroatoms. The summed E-state index contributed by atoms with van der Waals surface area (Å²) in [4.78, 5) is 10.8. The van der Waals surface area contributed by atoms with Crippen LogP contribution in [0, 0.1) is 0 Å². The first kappa shape index (κ1) is 13.9. The van der Waals surface area contributed by atoms with Gasteiger partial charge in [-0.25, -0.2) is 0 Å². The summed E-state index contributed by atoms with van der Waals surface area (Å²) in [5.74, 6) is 1.69. The van der Waals surface area contributed by atoms with E-state index in [1.165, 1.54) is 6.92 Å². The highest BCUT2D eigenvalue weighted by molar-refractivity contribution is 5.75. The summed E-state index contributed by atoms with van der Waals surface area (Å²) in [6, 6.07) is 3.50. The van der Waals surface area contributed by atoms with Gasteiger partial charge in [-0.1, -0.05) is 0 Å². The molecule has 0 radical (unpaired) electrons. The predicted molar refractivity (Wildman–Crippen MR) is 68.9 cm³/mol. The normalized spacial score (nSPS) is 10.2. The van der Waals surface area contributed by atoms with Crippen molar-refractivity contribution in [1.29, 1.82) is 0 Å². The number of rotatable bonds is 5. The van der Waals surface area contributed by atoms with Crippen LogP contribution in [0.15, 0.2) is 18.3 Å². The number of amides is 1. The van der Waals surface area contributed by atoms with Gasteiger partial charge in [0.2, 0.25) is 5.91 Å². The highest BCUT2D eigenvalue weighted by atomic mass is 16.5. The van der Waals surface area contributed by atoms with Gasteiger partial charge >= 0.3 is 0 Å². The Hall–Kier alpha value is -2.17. The molecule has 0 atom stereocenters. The Labute approximate surface area is 106 Å². The van der Waals surface area contributed by atoms with Gasteiger partial charge in [0.15, 0.2) is 11.5 Å². The third-order valence-electron chi connectivity index (χ3n) is 2.29. The summed E-state index contributed by atoms with van der Waals surface area (Å²) in [6.45, 7) is 1.44. The molecular weight excluding hydrogens is 234 g/mol. The lowest BCUT2D eigenvalue weighted by molar-refractivity contribution is -0.118. The predicted octanol–water partition coefficient (Wildman–Crippen LogP) is 1.82. The van der Waals surface area contributed by atoms with Crippen LogP contribution in [-0.2, 0) is 4.79 Å². The molecule has 0 fully saturated rings. The fourth-order valence-corrected chi connectivity index (χ4v) is 1.43. The summed E-state index contributed by atoms with van der Waals surface area (Å²) in [7, 11) is 4.69. The van der Waals surface area contributed by atoms with Gasteiger partial charge < -0.3 is 19.5 Å². The molecule has 18 heavy (non-hydrogen) atoms. The molecule has 0 bridgehead atoms. The summed E-state index contributed by atoms with van der Waals surface area (Å²) in [5.41, 5.74) is 0.781. The fourth-order valence-electron chi connectivity index (χ4n) is 1.43. The number of carbonyl (C=O) groups is 1. The van der Waals surface area contributed by atoms with Crippen LogP contribution in [0.4, 0.5) is 0 Å².